The molecular weight excluding hydrogens is 348 g/mol. The maximum atomic E-state index is 2.41. The van der Waals surface area contributed by atoms with Crippen LogP contribution in [0.5, 0.6) is 0 Å². The monoisotopic (exact) mass is 390 g/mol. The van der Waals surface area contributed by atoms with Crippen molar-refractivity contribution in [2.24, 2.45) is 5.92 Å². The van der Waals surface area contributed by atoms with Gasteiger partial charge in [-0.25, -0.2) is 0 Å². The lowest BCUT2D eigenvalue weighted by molar-refractivity contribution is 0.319. The van der Waals surface area contributed by atoms with E-state index in [1.54, 1.807) is 5.56 Å². The van der Waals surface area contributed by atoms with Gasteiger partial charge < -0.3 is 0 Å². The van der Waals surface area contributed by atoms with Gasteiger partial charge in [-0.15, -0.1) is 0 Å². The van der Waals surface area contributed by atoms with E-state index in [4.69, 9.17) is 0 Å². The van der Waals surface area contributed by atoms with Crippen LogP contribution in [-0.2, 0) is 19.3 Å². The van der Waals surface area contributed by atoms with Crippen LogP contribution in [0.3, 0.4) is 0 Å². The number of hydrogen-bond acceptors (Lipinski definition) is 0. The van der Waals surface area contributed by atoms with Gasteiger partial charge in [-0.2, -0.15) is 0 Å². The Balaban J connectivity index is 1.40. The fraction of sp³-hybridized carbons (Fsp3) is 0.586. The highest BCUT2D eigenvalue weighted by Crippen LogP contribution is 2.36. The third-order valence-electron chi connectivity index (χ3n) is 7.17. The summed E-state index contributed by atoms with van der Waals surface area (Å²) < 4.78 is 0. The molecule has 0 saturated heterocycles. The van der Waals surface area contributed by atoms with Crippen LogP contribution in [0.25, 0.3) is 0 Å². The largest absolute Gasteiger partial charge is 0.0654 e. The first kappa shape index (κ1) is 22.1. The van der Waals surface area contributed by atoms with Crippen LogP contribution in [-0.4, -0.2) is 0 Å². The molecule has 3 rings (SSSR count). The van der Waals surface area contributed by atoms with Crippen molar-refractivity contribution in [1.82, 2.24) is 0 Å². The van der Waals surface area contributed by atoms with Crippen molar-refractivity contribution >= 4 is 0 Å². The molecule has 1 aliphatic carbocycles. The molecule has 0 N–H and O–H groups in total. The van der Waals surface area contributed by atoms with Crippen molar-refractivity contribution in [3.63, 3.8) is 0 Å². The second-order valence-electron chi connectivity index (χ2n) is 9.35. The van der Waals surface area contributed by atoms with Crippen LogP contribution in [0, 0.1) is 5.92 Å². The zero-order valence-electron chi connectivity index (χ0n) is 19.0. The van der Waals surface area contributed by atoms with Crippen molar-refractivity contribution in [1.29, 1.82) is 0 Å². The third-order valence-corrected chi connectivity index (χ3v) is 7.17. The second kappa shape index (κ2) is 12.2. The van der Waals surface area contributed by atoms with E-state index in [1.165, 1.54) is 87.3 Å². The van der Waals surface area contributed by atoms with Gasteiger partial charge in [-0.1, -0.05) is 94.5 Å². The van der Waals surface area contributed by atoms with E-state index in [1.807, 2.05) is 0 Å². The topological polar surface area (TPSA) is 0 Å². The van der Waals surface area contributed by atoms with Crippen LogP contribution >= 0.6 is 0 Å². The highest BCUT2D eigenvalue weighted by atomic mass is 14.3. The molecule has 2 aromatic carbocycles. The van der Waals surface area contributed by atoms with Gasteiger partial charge in [-0.05, 0) is 85.5 Å². The quantitative estimate of drug-likeness (QED) is 0.337. The average Bonchev–Trinajstić information content (AvgIpc) is 2.79. The Labute approximate surface area is 180 Å². The van der Waals surface area contributed by atoms with Gasteiger partial charge in [0.25, 0.3) is 0 Å². The summed E-state index contributed by atoms with van der Waals surface area (Å²) in [5.74, 6) is 1.79. The number of benzene rings is 2. The van der Waals surface area contributed by atoms with Gasteiger partial charge in [0.2, 0.25) is 0 Å². The minimum absolute atomic E-state index is 0.807. The molecule has 0 amide bonds. The Kier molecular flexibility index (Phi) is 9.32. The normalized spacial score (nSPS) is 19.4. The SMILES string of the molecule is CCCCCCCc1ccc(CCc2ccc([C@H]3CC[C@H](CC)CC3)cc2)cc1. The number of hydrogen-bond donors (Lipinski definition) is 0. The first-order valence-corrected chi connectivity index (χ1v) is 12.4. The average molecular weight is 391 g/mol. The number of unbranched alkanes of at least 4 members (excludes halogenated alkanes) is 4. The Bertz CT molecular complexity index is 671. The summed E-state index contributed by atoms with van der Waals surface area (Å²) >= 11 is 0. The molecule has 1 aliphatic rings. The lowest BCUT2D eigenvalue weighted by atomic mass is 9.78. The van der Waals surface area contributed by atoms with Crippen LogP contribution in [0.1, 0.15) is 106 Å². The molecule has 0 spiro atoms. The van der Waals surface area contributed by atoms with Crippen molar-refractivity contribution in [3.05, 3.63) is 70.8 Å². The van der Waals surface area contributed by atoms with E-state index < -0.39 is 0 Å². The first-order valence-electron chi connectivity index (χ1n) is 12.4. The molecule has 0 heteroatoms. The van der Waals surface area contributed by atoms with E-state index in [0.717, 1.165) is 24.7 Å². The molecule has 158 valence electrons. The molecule has 0 bridgehead atoms. The minimum atomic E-state index is 0.807. The Morgan fingerprint density at radius 1 is 0.586 bits per heavy atom. The molecule has 0 heterocycles. The van der Waals surface area contributed by atoms with Crippen molar-refractivity contribution < 1.29 is 0 Å². The molecule has 29 heavy (non-hydrogen) atoms. The first-order chi connectivity index (χ1) is 14.3. The Hall–Kier alpha value is -1.56. The zero-order valence-corrected chi connectivity index (χ0v) is 19.0. The number of rotatable bonds is 11. The van der Waals surface area contributed by atoms with Crippen LogP contribution < -0.4 is 0 Å². The molecule has 0 aromatic heterocycles. The maximum Gasteiger partial charge on any atom is -0.0162 e. The van der Waals surface area contributed by atoms with Gasteiger partial charge in [-0.3, -0.25) is 0 Å². The predicted octanol–water partition coefficient (Wildman–Crippen LogP) is 8.67. The summed E-state index contributed by atoms with van der Waals surface area (Å²) in [4.78, 5) is 0. The molecular formula is C29H42. The van der Waals surface area contributed by atoms with Crippen LogP contribution in [0.2, 0.25) is 0 Å². The summed E-state index contributed by atoms with van der Waals surface area (Å²) in [5.41, 5.74) is 6.04. The zero-order chi connectivity index (χ0) is 20.3. The highest BCUT2D eigenvalue weighted by Gasteiger charge is 2.20. The lowest BCUT2D eigenvalue weighted by Gasteiger charge is -2.28. The van der Waals surface area contributed by atoms with Crippen LogP contribution in [0.15, 0.2) is 48.5 Å². The van der Waals surface area contributed by atoms with Crippen molar-refractivity contribution in [2.45, 2.75) is 103 Å². The second-order valence-corrected chi connectivity index (χ2v) is 9.35. The fourth-order valence-corrected chi connectivity index (χ4v) is 4.95. The van der Waals surface area contributed by atoms with Gasteiger partial charge in [0.1, 0.15) is 0 Å². The van der Waals surface area contributed by atoms with Gasteiger partial charge in [0.05, 0.1) is 0 Å². The van der Waals surface area contributed by atoms with E-state index in [9.17, 15) is 0 Å². The molecule has 0 aliphatic heterocycles. The summed E-state index contributed by atoms with van der Waals surface area (Å²) in [7, 11) is 0. The van der Waals surface area contributed by atoms with Gasteiger partial charge in [0.15, 0.2) is 0 Å². The van der Waals surface area contributed by atoms with Crippen LogP contribution in [0.4, 0.5) is 0 Å². The minimum Gasteiger partial charge on any atom is -0.0654 e. The van der Waals surface area contributed by atoms with Gasteiger partial charge >= 0.3 is 0 Å². The predicted molar refractivity (Wildman–Crippen MR) is 128 cm³/mol. The molecule has 1 saturated carbocycles. The molecule has 1 fully saturated rings. The molecule has 0 nitrogen and oxygen atoms in total. The molecule has 0 radical (unpaired) electrons. The number of aryl methyl sites for hydroxylation is 3. The van der Waals surface area contributed by atoms with Crippen molar-refractivity contribution in [2.75, 3.05) is 0 Å². The Morgan fingerprint density at radius 2 is 1.10 bits per heavy atom. The summed E-state index contributed by atoms with van der Waals surface area (Å²) in [5, 5.41) is 0. The van der Waals surface area contributed by atoms with Gasteiger partial charge in [0, 0.05) is 0 Å². The fourth-order valence-electron chi connectivity index (χ4n) is 4.95. The summed E-state index contributed by atoms with van der Waals surface area (Å²) in [6.45, 7) is 4.63. The highest BCUT2D eigenvalue weighted by molar-refractivity contribution is 5.28. The van der Waals surface area contributed by atoms with E-state index in [-0.39, 0.29) is 0 Å². The lowest BCUT2D eigenvalue weighted by Crippen LogP contribution is -2.12. The molecule has 0 atom stereocenters. The maximum absolute atomic E-state index is 2.41. The van der Waals surface area contributed by atoms with E-state index >= 15 is 0 Å². The standard InChI is InChI=1S/C29H42/c1-3-5-6-7-8-9-25-10-12-26(13-11-25)14-15-27-18-22-29(23-19-27)28-20-16-24(4-2)17-21-28/h10-13,18-19,22-24,28H,3-9,14-17,20-21H2,1-2H3/t24-,28-. The van der Waals surface area contributed by atoms with E-state index in [2.05, 4.69) is 62.4 Å². The Morgan fingerprint density at radius 3 is 1.66 bits per heavy atom. The van der Waals surface area contributed by atoms with E-state index in [0.29, 0.717) is 0 Å². The molecule has 2 aromatic rings. The third kappa shape index (κ3) is 7.32. The molecule has 0 unspecified atom stereocenters. The summed E-state index contributed by atoms with van der Waals surface area (Å²) in [6, 6.07) is 19.0. The summed E-state index contributed by atoms with van der Waals surface area (Å²) in [6.07, 6.45) is 17.4. The smallest absolute Gasteiger partial charge is 0.0162 e. The van der Waals surface area contributed by atoms with Crippen molar-refractivity contribution in [3.8, 4) is 0 Å².